The molecule has 1 aliphatic rings. The molecule has 1 amide bonds. The van der Waals surface area contributed by atoms with E-state index in [0.29, 0.717) is 0 Å². The average Bonchev–Trinajstić information content (AvgIpc) is 2.94. The highest BCUT2D eigenvalue weighted by atomic mass is 19.4. The van der Waals surface area contributed by atoms with E-state index in [2.05, 4.69) is 14.7 Å². The Morgan fingerprint density at radius 2 is 1.93 bits per heavy atom. The normalized spacial score (nSPS) is 20.0. The zero-order valence-corrected chi connectivity index (χ0v) is 14.9. The predicted molar refractivity (Wildman–Crippen MR) is 101 cm³/mol. The minimum atomic E-state index is -5.27. The van der Waals surface area contributed by atoms with Crippen LogP contribution in [0.4, 0.5) is 13.2 Å². The smallest absolute Gasteiger partial charge is 0.491 e. The van der Waals surface area contributed by atoms with Crippen LogP contribution in [0.2, 0.25) is 0 Å². The summed E-state index contributed by atoms with van der Waals surface area (Å²) in [6, 6.07) is 0.760. The van der Waals surface area contributed by atoms with Crippen molar-refractivity contribution in [3.8, 4) is 22.6 Å². The molecule has 0 N–H and O–H groups in total. The number of aromatic nitrogens is 2. The Morgan fingerprint density at radius 1 is 1.20 bits per heavy atom. The molecule has 4 rings (SSSR count). The molecule has 2 heterocycles. The van der Waals surface area contributed by atoms with Gasteiger partial charge in [-0.1, -0.05) is 18.2 Å². The fraction of sp³-hybridized carbons (Fsp3) is 0.190. The number of hydrogen-bond acceptors (Lipinski definition) is 5. The number of carbonyl (C=O) groups excluding carboxylic acids is 1. The van der Waals surface area contributed by atoms with Gasteiger partial charge in [-0.15, -0.1) is 13.2 Å². The van der Waals surface area contributed by atoms with Gasteiger partial charge in [0, 0.05) is 12.4 Å². The zero-order valence-electron chi connectivity index (χ0n) is 22.9. The van der Waals surface area contributed by atoms with Gasteiger partial charge in [-0.3, -0.25) is 4.79 Å². The second-order valence-corrected chi connectivity index (χ2v) is 5.73. The van der Waals surface area contributed by atoms with Crippen molar-refractivity contribution in [2.24, 2.45) is 0 Å². The summed E-state index contributed by atoms with van der Waals surface area (Å²) in [5.74, 6) is -3.24. The minimum Gasteiger partial charge on any atom is -0.491 e. The number of alkyl halides is 3. The Hall–Kier alpha value is -3.62. The minimum absolute atomic E-state index is 0.157. The molecule has 30 heavy (non-hydrogen) atoms. The number of amides is 1. The molecular formula is C21H16F3N3O3. The summed E-state index contributed by atoms with van der Waals surface area (Å²) >= 11 is 0. The number of rotatable bonds is 4. The monoisotopic (exact) mass is 423 g/mol. The van der Waals surface area contributed by atoms with Crippen molar-refractivity contribution in [3.63, 3.8) is 0 Å². The summed E-state index contributed by atoms with van der Waals surface area (Å²) in [6.45, 7) is -6.37. The van der Waals surface area contributed by atoms with Crippen LogP contribution in [-0.2, 0) is 6.50 Å². The van der Waals surface area contributed by atoms with Gasteiger partial charge in [0.1, 0.15) is 23.9 Å². The van der Waals surface area contributed by atoms with Crippen molar-refractivity contribution < 1.29 is 38.4 Å². The lowest BCUT2D eigenvalue weighted by Gasteiger charge is -2.19. The van der Waals surface area contributed by atoms with Gasteiger partial charge >= 0.3 is 6.36 Å². The first-order valence-corrected chi connectivity index (χ1v) is 8.31. The Bertz CT molecular complexity index is 1400. The summed E-state index contributed by atoms with van der Waals surface area (Å²) in [7, 11) is 0. The zero-order chi connectivity index (χ0) is 28.2. The highest BCUT2D eigenvalue weighted by Crippen LogP contribution is 2.31. The lowest BCUT2D eigenvalue weighted by Crippen LogP contribution is -2.32. The lowest BCUT2D eigenvalue weighted by molar-refractivity contribution is -0.274. The molecule has 9 heteroatoms. The van der Waals surface area contributed by atoms with Crippen molar-refractivity contribution in [2.75, 3.05) is 13.1 Å². The molecule has 0 bridgehead atoms. The fourth-order valence-corrected chi connectivity index (χ4v) is 2.50. The topological polar surface area (TPSA) is 64.6 Å². The van der Waals surface area contributed by atoms with Crippen molar-refractivity contribution in [1.29, 1.82) is 0 Å². The van der Waals surface area contributed by atoms with E-state index < -0.39 is 78.7 Å². The number of hydrogen-bond donors (Lipinski definition) is 0. The summed E-state index contributed by atoms with van der Waals surface area (Å²) in [6.07, 6.45) is -2.87. The quantitative estimate of drug-likeness (QED) is 0.633. The van der Waals surface area contributed by atoms with Crippen LogP contribution in [0.25, 0.3) is 11.1 Å². The van der Waals surface area contributed by atoms with E-state index in [-0.39, 0.29) is 16.2 Å². The molecular weight excluding hydrogens is 399 g/mol. The van der Waals surface area contributed by atoms with Gasteiger partial charge < -0.3 is 14.4 Å². The van der Waals surface area contributed by atoms with Crippen LogP contribution >= 0.6 is 0 Å². The van der Waals surface area contributed by atoms with Crippen molar-refractivity contribution >= 4 is 5.91 Å². The van der Waals surface area contributed by atoms with Gasteiger partial charge in [-0.2, -0.15) is 0 Å². The van der Waals surface area contributed by atoms with E-state index in [9.17, 15) is 18.0 Å². The van der Waals surface area contributed by atoms with Crippen LogP contribution in [0.5, 0.6) is 11.5 Å². The second kappa shape index (κ2) is 8.02. The first kappa shape index (κ1) is 12.2. The molecule has 0 radical (unpaired) electrons. The molecule has 0 spiro atoms. The van der Waals surface area contributed by atoms with Gasteiger partial charge in [-0.05, 0) is 41.4 Å². The van der Waals surface area contributed by atoms with Crippen molar-refractivity contribution in [2.45, 2.75) is 12.9 Å². The van der Waals surface area contributed by atoms with Crippen molar-refractivity contribution in [3.05, 3.63) is 72.2 Å². The molecule has 1 aromatic heterocycles. The molecule has 1 aliphatic heterocycles. The maximum Gasteiger partial charge on any atom is 0.573 e. The van der Waals surface area contributed by atoms with Gasteiger partial charge in [0.2, 0.25) is 0 Å². The first-order valence-electron chi connectivity index (χ1n) is 12.3. The van der Waals surface area contributed by atoms with Crippen LogP contribution in [0.1, 0.15) is 27.1 Å². The first-order chi connectivity index (χ1) is 17.6. The third kappa shape index (κ3) is 4.51. The van der Waals surface area contributed by atoms with Crippen LogP contribution in [0.15, 0.2) is 60.8 Å². The third-order valence-corrected chi connectivity index (χ3v) is 3.75. The third-order valence-electron chi connectivity index (χ3n) is 3.75. The molecule has 0 saturated heterocycles. The SMILES string of the molecule is [2H]c1c([2H])c(-c2ccc3c(c2)C(=O)N(C([2H])([2H])c2ncccn2)C([2H])([2H])CO3)c([2H])c([2H])c1OC(F)(F)F. The molecule has 0 unspecified atom stereocenters. The largest absolute Gasteiger partial charge is 0.573 e. The summed E-state index contributed by atoms with van der Waals surface area (Å²) in [4.78, 5) is 21.4. The Labute approximate surface area is 181 Å². The van der Waals surface area contributed by atoms with Crippen LogP contribution in [-0.4, -0.2) is 40.2 Å². The number of carbonyl (C=O) groups is 1. The Balaban J connectivity index is 1.87. The molecule has 3 aromatic rings. The molecule has 0 aliphatic carbocycles. The number of fused-ring (bicyclic) bond motifs is 1. The molecule has 6 nitrogen and oxygen atoms in total. The fourth-order valence-electron chi connectivity index (χ4n) is 2.50. The van der Waals surface area contributed by atoms with E-state index in [1.165, 1.54) is 30.6 Å². The maximum atomic E-state index is 13.6. The molecule has 0 fully saturated rings. The van der Waals surface area contributed by atoms with E-state index in [0.717, 1.165) is 6.07 Å². The molecule has 0 saturated carbocycles. The Morgan fingerprint density at radius 3 is 2.63 bits per heavy atom. The van der Waals surface area contributed by atoms with Gasteiger partial charge in [0.25, 0.3) is 5.91 Å². The van der Waals surface area contributed by atoms with E-state index in [1.807, 2.05) is 0 Å². The summed E-state index contributed by atoms with van der Waals surface area (Å²) in [5, 5.41) is 0. The highest BCUT2D eigenvalue weighted by molar-refractivity contribution is 5.98. The molecule has 154 valence electrons. The van der Waals surface area contributed by atoms with Crippen LogP contribution in [0.3, 0.4) is 0 Å². The molecule has 0 atom stereocenters. The number of halogens is 3. The van der Waals surface area contributed by atoms with E-state index in [4.69, 9.17) is 15.7 Å². The number of nitrogens with zero attached hydrogens (tertiary/aromatic N) is 3. The lowest BCUT2D eigenvalue weighted by atomic mass is 10.0. The van der Waals surface area contributed by atoms with Gasteiger partial charge in [0.15, 0.2) is 0 Å². The summed E-state index contributed by atoms with van der Waals surface area (Å²) in [5.41, 5.74) is -1.04. The predicted octanol–water partition coefficient (Wildman–Crippen LogP) is 4.08. The second-order valence-electron chi connectivity index (χ2n) is 5.73. The highest BCUT2D eigenvalue weighted by Gasteiger charge is 2.31. The Kier molecular flexibility index (Phi) is 3.25. The van der Waals surface area contributed by atoms with E-state index in [1.54, 1.807) is 0 Å². The van der Waals surface area contributed by atoms with Gasteiger partial charge in [-0.25, -0.2) is 9.97 Å². The summed E-state index contributed by atoms with van der Waals surface area (Å²) < 4.78 is 113. The van der Waals surface area contributed by atoms with Crippen LogP contribution in [0, 0.1) is 0 Å². The molecule has 2 aromatic carbocycles. The van der Waals surface area contributed by atoms with Crippen molar-refractivity contribution in [1.82, 2.24) is 14.9 Å². The van der Waals surface area contributed by atoms with Gasteiger partial charge in [0.05, 0.1) is 29.5 Å². The van der Waals surface area contributed by atoms with Crippen LogP contribution < -0.4 is 9.47 Å². The van der Waals surface area contributed by atoms with E-state index >= 15 is 0 Å². The standard InChI is InChI=1S/C21H16F3N3O3/c22-21(23,24)30-16-5-2-14(3-6-16)15-4-7-18-17(12-15)20(28)27(10-11-29-18)13-19-25-8-1-9-26-19/h1-9,12H,10-11,13H2/i2D,3D,5D,6D,10D2,13D2. The number of benzene rings is 2. The number of ether oxygens (including phenoxy) is 2. The maximum absolute atomic E-state index is 13.6. The average molecular weight is 423 g/mol.